The second-order valence-electron chi connectivity index (χ2n) is 12.4. The second-order valence-corrected chi connectivity index (χ2v) is 14.5. The van der Waals surface area contributed by atoms with Crippen LogP contribution < -0.4 is 5.32 Å². The minimum Gasteiger partial charge on any atom is -0.395 e. The average molecular weight is 633 g/mol. The Kier molecular flexibility index (Phi) is 10.6. The number of nitrogens with one attached hydrogen (secondary N) is 1. The summed E-state index contributed by atoms with van der Waals surface area (Å²) in [5.41, 5.74) is 2.68. The lowest BCUT2D eigenvalue weighted by Gasteiger charge is -2.52. The van der Waals surface area contributed by atoms with E-state index in [0.29, 0.717) is 39.0 Å². The van der Waals surface area contributed by atoms with Gasteiger partial charge in [-0.1, -0.05) is 27.2 Å². The van der Waals surface area contributed by atoms with E-state index in [1.54, 1.807) is 29.2 Å². The van der Waals surface area contributed by atoms with Crippen molar-refractivity contribution >= 4 is 21.8 Å². The first-order valence-corrected chi connectivity index (χ1v) is 17.0. The van der Waals surface area contributed by atoms with Crippen LogP contribution in [0.1, 0.15) is 63.4 Å². The van der Waals surface area contributed by atoms with E-state index in [1.165, 1.54) is 7.05 Å². The van der Waals surface area contributed by atoms with Gasteiger partial charge in [0, 0.05) is 51.0 Å². The number of nitrogens with zero attached hydrogens (tertiary/aromatic N) is 5. The van der Waals surface area contributed by atoms with Crippen LogP contribution >= 0.6 is 0 Å². The van der Waals surface area contributed by atoms with E-state index >= 15 is 0 Å². The van der Waals surface area contributed by atoms with Crippen molar-refractivity contribution in [2.45, 2.75) is 89.4 Å². The molecule has 0 aliphatic carbocycles. The predicted molar refractivity (Wildman–Crippen MR) is 167 cm³/mol. The van der Waals surface area contributed by atoms with E-state index in [1.807, 2.05) is 32.4 Å². The number of aliphatic hydroxyl groups is 2. The fourth-order valence-corrected chi connectivity index (χ4v) is 7.41. The fraction of sp³-hybridized carbons (Fsp3) is 0.645. The molecule has 1 aromatic carbocycles. The van der Waals surface area contributed by atoms with Gasteiger partial charge >= 0.3 is 0 Å². The van der Waals surface area contributed by atoms with Gasteiger partial charge in [-0.3, -0.25) is 14.5 Å². The largest absolute Gasteiger partial charge is 0.395 e. The number of likely N-dealkylation sites (tertiary alicyclic amines) is 1. The monoisotopic (exact) mass is 632 g/mol. The molecule has 2 aliphatic rings. The van der Waals surface area contributed by atoms with E-state index in [9.17, 15) is 23.1 Å². The Morgan fingerprint density at radius 1 is 1.14 bits per heavy atom. The summed E-state index contributed by atoms with van der Waals surface area (Å²) in [5.74, 6) is -0.532. The molecule has 0 saturated carbocycles. The number of carbonyl (C=O) groups excluding carboxylic acids is 2. The molecule has 3 N–H and O–H groups in total. The molecule has 13 heteroatoms. The van der Waals surface area contributed by atoms with Crippen molar-refractivity contribution in [2.24, 2.45) is 5.92 Å². The molecule has 2 aromatic rings. The standard InChI is InChI=1S/C31H48N6O6S/c1-7-8-15-36-29(40)27(28(39)21(2)3)32-30(41)31(36)13-16-35(17-14-31)20-26-22(4)33-37(23(26)5)24-9-11-25(12-10-24)44(42,43)34(6)18-19-38/h9-12,21,27-28,38-39H,7-8,13-20H2,1-6H3,(H,32,41). The van der Waals surface area contributed by atoms with Crippen LogP contribution in [0.4, 0.5) is 0 Å². The Balaban J connectivity index is 1.49. The van der Waals surface area contributed by atoms with Gasteiger partial charge in [0.1, 0.15) is 11.6 Å². The number of rotatable bonds is 12. The lowest BCUT2D eigenvalue weighted by molar-refractivity contribution is -0.165. The number of aryl methyl sites for hydroxylation is 1. The van der Waals surface area contributed by atoms with Crippen LogP contribution in [0.3, 0.4) is 0 Å². The van der Waals surface area contributed by atoms with Gasteiger partial charge in [0.25, 0.3) is 0 Å². The number of aromatic nitrogens is 2. The smallest absolute Gasteiger partial charge is 0.248 e. The molecule has 0 bridgehead atoms. The van der Waals surface area contributed by atoms with Crippen LogP contribution in [0.15, 0.2) is 29.2 Å². The first kappa shape index (κ1) is 34.0. The summed E-state index contributed by atoms with van der Waals surface area (Å²) in [4.78, 5) is 31.4. The van der Waals surface area contributed by atoms with Crippen LogP contribution in [-0.2, 0) is 26.2 Å². The van der Waals surface area contributed by atoms with Crippen molar-refractivity contribution in [1.29, 1.82) is 0 Å². The summed E-state index contributed by atoms with van der Waals surface area (Å²) >= 11 is 0. The highest BCUT2D eigenvalue weighted by Crippen LogP contribution is 2.35. The number of piperidine rings is 1. The summed E-state index contributed by atoms with van der Waals surface area (Å²) < 4.78 is 28.4. The van der Waals surface area contributed by atoms with E-state index in [0.717, 1.165) is 39.8 Å². The number of amides is 2. The Bertz CT molecular complexity index is 1430. The average Bonchev–Trinajstić information content (AvgIpc) is 3.28. The van der Waals surface area contributed by atoms with E-state index in [4.69, 9.17) is 10.2 Å². The van der Waals surface area contributed by atoms with Crippen molar-refractivity contribution in [3.05, 3.63) is 41.2 Å². The fourth-order valence-electron chi connectivity index (χ4n) is 6.25. The highest BCUT2D eigenvalue weighted by molar-refractivity contribution is 7.89. The van der Waals surface area contributed by atoms with Crippen LogP contribution in [0.25, 0.3) is 5.69 Å². The van der Waals surface area contributed by atoms with Gasteiger partial charge in [-0.25, -0.2) is 13.1 Å². The zero-order valence-corrected chi connectivity index (χ0v) is 27.6. The normalized spacial score (nSPS) is 20.1. The summed E-state index contributed by atoms with van der Waals surface area (Å²) in [6, 6.07) is 5.62. The highest BCUT2D eigenvalue weighted by Gasteiger charge is 2.54. The molecule has 2 saturated heterocycles. The van der Waals surface area contributed by atoms with Gasteiger partial charge in [0.2, 0.25) is 21.8 Å². The quantitative estimate of drug-likeness (QED) is 0.320. The van der Waals surface area contributed by atoms with Crippen LogP contribution in [0.2, 0.25) is 0 Å². The third kappa shape index (κ3) is 6.43. The molecule has 2 amide bonds. The number of carbonyl (C=O) groups is 2. The molecule has 2 unspecified atom stereocenters. The molecular formula is C31H48N6O6S. The number of hydrogen-bond acceptors (Lipinski definition) is 8. The van der Waals surface area contributed by atoms with Crippen LogP contribution in [0, 0.1) is 19.8 Å². The van der Waals surface area contributed by atoms with Gasteiger partial charge in [0.15, 0.2) is 0 Å². The summed E-state index contributed by atoms with van der Waals surface area (Å²) in [6.45, 7) is 11.8. The number of piperazine rings is 1. The maximum Gasteiger partial charge on any atom is 0.248 e. The van der Waals surface area contributed by atoms with Crippen molar-refractivity contribution in [1.82, 2.24) is 29.2 Å². The molecular weight excluding hydrogens is 584 g/mol. The van der Waals surface area contributed by atoms with Crippen LogP contribution in [0.5, 0.6) is 0 Å². The molecule has 4 rings (SSSR count). The predicted octanol–water partition coefficient (Wildman–Crippen LogP) is 1.58. The van der Waals surface area contributed by atoms with Crippen molar-refractivity contribution in [3.8, 4) is 5.69 Å². The molecule has 44 heavy (non-hydrogen) atoms. The Hall–Kier alpha value is -2.84. The van der Waals surface area contributed by atoms with Gasteiger partial charge in [-0.2, -0.15) is 9.40 Å². The molecule has 2 fully saturated rings. The van der Waals surface area contributed by atoms with E-state index < -0.39 is 27.7 Å². The third-order valence-corrected chi connectivity index (χ3v) is 11.1. The first-order valence-electron chi connectivity index (χ1n) is 15.5. The number of benzene rings is 1. The van der Waals surface area contributed by atoms with Gasteiger partial charge < -0.3 is 20.4 Å². The van der Waals surface area contributed by atoms with E-state index in [-0.39, 0.29) is 35.8 Å². The maximum atomic E-state index is 13.6. The Morgan fingerprint density at radius 2 is 1.77 bits per heavy atom. The summed E-state index contributed by atoms with van der Waals surface area (Å²) in [6.07, 6.45) is 1.76. The Morgan fingerprint density at radius 3 is 2.34 bits per heavy atom. The van der Waals surface area contributed by atoms with Crippen molar-refractivity contribution in [2.75, 3.05) is 39.8 Å². The van der Waals surface area contributed by atoms with E-state index in [2.05, 4.69) is 17.1 Å². The third-order valence-electron chi connectivity index (χ3n) is 9.23. The second kappa shape index (κ2) is 13.7. The number of likely N-dealkylation sites (N-methyl/N-ethyl adjacent to an activating group) is 1. The topological polar surface area (TPSA) is 148 Å². The lowest BCUT2D eigenvalue weighted by Crippen LogP contribution is -2.74. The highest BCUT2D eigenvalue weighted by atomic mass is 32.2. The van der Waals surface area contributed by atoms with Crippen molar-refractivity contribution in [3.63, 3.8) is 0 Å². The lowest BCUT2D eigenvalue weighted by atomic mass is 9.80. The molecule has 2 aliphatic heterocycles. The molecule has 2 atom stereocenters. The summed E-state index contributed by atoms with van der Waals surface area (Å²) in [7, 11) is -2.27. The van der Waals surface area contributed by atoms with Gasteiger partial charge in [-0.05, 0) is 63.3 Å². The molecule has 1 aromatic heterocycles. The van der Waals surface area contributed by atoms with Crippen LogP contribution in [-0.4, -0.2) is 112 Å². The number of hydrogen-bond donors (Lipinski definition) is 3. The molecule has 244 valence electrons. The molecule has 3 heterocycles. The zero-order valence-electron chi connectivity index (χ0n) is 26.8. The molecule has 1 spiro atoms. The summed E-state index contributed by atoms with van der Waals surface area (Å²) in [5, 5.41) is 27.4. The maximum absolute atomic E-state index is 13.6. The first-order chi connectivity index (χ1) is 20.8. The minimum atomic E-state index is -3.70. The zero-order chi connectivity index (χ0) is 32.4. The molecule has 0 radical (unpaired) electrons. The Labute approximate surface area is 261 Å². The van der Waals surface area contributed by atoms with Gasteiger partial charge in [-0.15, -0.1) is 0 Å². The SMILES string of the molecule is CCCCN1C(=O)C(C(O)C(C)C)NC(=O)C12CCN(Cc1c(C)nn(-c3ccc(S(=O)(=O)N(C)CCO)cc3)c1C)CC2. The van der Waals surface area contributed by atoms with Gasteiger partial charge in [0.05, 0.1) is 29.0 Å². The number of unbranched alkanes of at least 4 members (excludes halogenated alkanes) is 1. The minimum absolute atomic E-state index is 0.0159. The van der Waals surface area contributed by atoms with Crippen molar-refractivity contribution < 1.29 is 28.2 Å². The number of sulfonamides is 1. The molecule has 12 nitrogen and oxygen atoms in total. The number of aliphatic hydroxyl groups excluding tert-OH is 2.